The summed E-state index contributed by atoms with van der Waals surface area (Å²) in [6.07, 6.45) is 4.38. The summed E-state index contributed by atoms with van der Waals surface area (Å²) >= 11 is 0. The molecule has 1 aromatic carbocycles. The van der Waals surface area contributed by atoms with Crippen molar-refractivity contribution in [1.82, 2.24) is 20.2 Å². The highest BCUT2D eigenvalue weighted by molar-refractivity contribution is 5.73. The van der Waals surface area contributed by atoms with E-state index in [0.717, 1.165) is 25.5 Å². The number of amides is 1. The van der Waals surface area contributed by atoms with E-state index < -0.39 is 12.4 Å². The van der Waals surface area contributed by atoms with E-state index in [2.05, 4.69) is 53.6 Å². The number of nitrogens with one attached hydrogen (secondary N) is 3. The van der Waals surface area contributed by atoms with E-state index in [4.69, 9.17) is 9.47 Å². The first-order valence-electron chi connectivity index (χ1n) is 13.6. The van der Waals surface area contributed by atoms with Gasteiger partial charge in [0.25, 0.3) is 0 Å². The topological polar surface area (TPSA) is 101 Å². The third-order valence-corrected chi connectivity index (χ3v) is 7.11. The normalized spacial score (nSPS) is 21.0. The number of rotatable bonds is 8. The van der Waals surface area contributed by atoms with Crippen molar-refractivity contribution in [3.63, 3.8) is 0 Å². The molecule has 1 unspecified atom stereocenters. The predicted molar refractivity (Wildman–Crippen MR) is 147 cm³/mol. The number of anilines is 3. The number of carbonyl (C=O) groups excluding carboxylic acids is 1. The lowest BCUT2D eigenvalue weighted by Gasteiger charge is -2.46. The molecule has 1 atom stereocenters. The monoisotopic (exact) mass is 564 g/mol. The van der Waals surface area contributed by atoms with Gasteiger partial charge in [-0.3, -0.25) is 4.79 Å². The molecule has 2 aliphatic heterocycles. The first kappa shape index (κ1) is 29.7. The summed E-state index contributed by atoms with van der Waals surface area (Å²) in [5, 5.41) is 9.76. The summed E-state index contributed by atoms with van der Waals surface area (Å²) in [6.45, 7) is 8.07. The van der Waals surface area contributed by atoms with Crippen LogP contribution in [0.1, 0.15) is 66.7 Å². The third-order valence-electron chi connectivity index (χ3n) is 7.11. The molecule has 1 aromatic heterocycles. The van der Waals surface area contributed by atoms with Crippen LogP contribution in [0.3, 0.4) is 0 Å². The molecule has 1 amide bonds. The van der Waals surface area contributed by atoms with E-state index in [1.54, 1.807) is 11.0 Å². The van der Waals surface area contributed by atoms with Gasteiger partial charge < -0.3 is 30.3 Å². The summed E-state index contributed by atoms with van der Waals surface area (Å²) in [5.41, 5.74) is 0.0880. The van der Waals surface area contributed by atoms with Crippen LogP contribution in [0.15, 0.2) is 24.4 Å². The Bertz CT molecular complexity index is 1180. The van der Waals surface area contributed by atoms with E-state index >= 15 is 0 Å². The van der Waals surface area contributed by atoms with Gasteiger partial charge in [0.05, 0.1) is 6.20 Å². The minimum absolute atomic E-state index is 0.00240. The number of hydrogen-bond donors (Lipinski definition) is 3. The van der Waals surface area contributed by atoms with Crippen molar-refractivity contribution in [2.24, 2.45) is 0 Å². The molecule has 2 aromatic rings. The standard InChI is InChI=1S/C28H39F3N6O3/c1-17(38)37-11-6-7-20(10-12-37)39-22-9-8-18(13-23(22)40-25(30)31)34-26-32-16-21(29)24(35-26)33-19-14-27(2,3)36-28(4,5)15-19/h8-9,13,16,19-20,25,36H,6-7,10-12,14-15H2,1-5H3,(H2,32,33,34,35). The van der Waals surface area contributed by atoms with Gasteiger partial charge in [-0.2, -0.15) is 13.8 Å². The highest BCUT2D eigenvalue weighted by Gasteiger charge is 2.38. The molecular weight excluding hydrogens is 525 g/mol. The van der Waals surface area contributed by atoms with Gasteiger partial charge in [-0.05, 0) is 65.5 Å². The molecule has 4 rings (SSSR count). The van der Waals surface area contributed by atoms with Gasteiger partial charge in [0.2, 0.25) is 11.9 Å². The van der Waals surface area contributed by atoms with Crippen LogP contribution in [0, 0.1) is 5.82 Å². The van der Waals surface area contributed by atoms with Gasteiger partial charge in [0.1, 0.15) is 6.10 Å². The summed E-state index contributed by atoms with van der Waals surface area (Å²) < 4.78 is 51.9. The Morgan fingerprint density at radius 2 is 1.85 bits per heavy atom. The Morgan fingerprint density at radius 3 is 2.52 bits per heavy atom. The zero-order valence-corrected chi connectivity index (χ0v) is 23.7. The van der Waals surface area contributed by atoms with E-state index in [9.17, 15) is 18.0 Å². The van der Waals surface area contributed by atoms with Crippen molar-refractivity contribution < 1.29 is 27.4 Å². The molecule has 2 aliphatic rings. The van der Waals surface area contributed by atoms with Gasteiger partial charge >= 0.3 is 6.61 Å². The van der Waals surface area contributed by atoms with Crippen LogP contribution in [0.2, 0.25) is 0 Å². The molecule has 3 N–H and O–H groups in total. The molecule has 9 nitrogen and oxygen atoms in total. The predicted octanol–water partition coefficient (Wildman–Crippen LogP) is 5.46. The van der Waals surface area contributed by atoms with E-state index in [1.807, 2.05) is 0 Å². The molecule has 40 heavy (non-hydrogen) atoms. The number of benzene rings is 1. The lowest BCUT2D eigenvalue weighted by molar-refractivity contribution is -0.128. The fourth-order valence-corrected chi connectivity index (χ4v) is 5.82. The van der Waals surface area contributed by atoms with Crippen LogP contribution in [0.25, 0.3) is 0 Å². The first-order valence-corrected chi connectivity index (χ1v) is 13.6. The number of piperidine rings is 1. The fraction of sp³-hybridized carbons (Fsp3) is 0.607. The van der Waals surface area contributed by atoms with Crippen molar-refractivity contribution in [3.05, 3.63) is 30.2 Å². The van der Waals surface area contributed by atoms with Crippen LogP contribution in [0.5, 0.6) is 11.5 Å². The molecule has 12 heteroatoms. The number of hydrogen-bond acceptors (Lipinski definition) is 8. The van der Waals surface area contributed by atoms with Gasteiger partial charge in [-0.15, -0.1) is 0 Å². The second kappa shape index (κ2) is 12.1. The van der Waals surface area contributed by atoms with Crippen LogP contribution < -0.4 is 25.4 Å². The average Bonchev–Trinajstić information content (AvgIpc) is 3.06. The second-order valence-electron chi connectivity index (χ2n) is 11.9. The highest BCUT2D eigenvalue weighted by atomic mass is 19.3. The number of likely N-dealkylation sites (tertiary alicyclic amines) is 1. The first-order chi connectivity index (χ1) is 18.8. The fourth-order valence-electron chi connectivity index (χ4n) is 5.82. The Hall–Kier alpha value is -3.28. The molecule has 0 saturated carbocycles. The number of halogens is 3. The molecule has 0 aliphatic carbocycles. The number of carbonyl (C=O) groups is 1. The minimum Gasteiger partial charge on any atom is -0.486 e. The summed E-state index contributed by atoms with van der Waals surface area (Å²) in [7, 11) is 0. The van der Waals surface area contributed by atoms with Crippen molar-refractivity contribution in [1.29, 1.82) is 0 Å². The van der Waals surface area contributed by atoms with E-state index in [1.165, 1.54) is 19.1 Å². The quantitative estimate of drug-likeness (QED) is 0.389. The van der Waals surface area contributed by atoms with Crippen LogP contribution in [-0.2, 0) is 4.79 Å². The summed E-state index contributed by atoms with van der Waals surface area (Å²) in [6, 6.07) is 4.52. The van der Waals surface area contributed by atoms with Crippen LogP contribution >= 0.6 is 0 Å². The Labute approximate surface area is 233 Å². The molecule has 0 bridgehead atoms. The highest BCUT2D eigenvalue weighted by Crippen LogP contribution is 2.35. The Kier molecular flexibility index (Phi) is 8.96. The van der Waals surface area contributed by atoms with Gasteiger partial charge in [-0.1, -0.05) is 0 Å². The van der Waals surface area contributed by atoms with Crippen molar-refractivity contribution >= 4 is 23.4 Å². The maximum absolute atomic E-state index is 14.7. The molecule has 3 heterocycles. The molecule has 220 valence electrons. The lowest BCUT2D eigenvalue weighted by Crippen LogP contribution is -2.60. The number of alkyl halides is 2. The average molecular weight is 565 g/mol. The largest absolute Gasteiger partial charge is 0.486 e. The third kappa shape index (κ3) is 8.12. The zero-order valence-electron chi connectivity index (χ0n) is 23.7. The van der Waals surface area contributed by atoms with Crippen LogP contribution in [-0.4, -0.2) is 63.7 Å². The van der Waals surface area contributed by atoms with Crippen LogP contribution in [0.4, 0.5) is 30.6 Å². The lowest BCUT2D eigenvalue weighted by atomic mass is 9.79. The smallest absolute Gasteiger partial charge is 0.387 e. The van der Waals surface area contributed by atoms with Crippen molar-refractivity contribution in [2.45, 2.75) is 96.6 Å². The van der Waals surface area contributed by atoms with E-state index in [-0.39, 0.29) is 52.4 Å². The molecule has 0 spiro atoms. The molecule has 2 fully saturated rings. The summed E-state index contributed by atoms with van der Waals surface area (Å²) in [5.74, 6) is -0.397. The number of aromatic nitrogens is 2. The second-order valence-corrected chi connectivity index (χ2v) is 11.9. The Balaban J connectivity index is 1.48. The summed E-state index contributed by atoms with van der Waals surface area (Å²) in [4.78, 5) is 21.8. The van der Waals surface area contributed by atoms with Gasteiger partial charge in [0, 0.05) is 55.3 Å². The van der Waals surface area contributed by atoms with Gasteiger partial charge in [-0.25, -0.2) is 9.37 Å². The number of ether oxygens (including phenoxy) is 2. The Morgan fingerprint density at radius 1 is 1.12 bits per heavy atom. The zero-order chi connectivity index (χ0) is 29.1. The molecular formula is C28H39F3N6O3. The molecule has 2 saturated heterocycles. The maximum Gasteiger partial charge on any atom is 0.387 e. The van der Waals surface area contributed by atoms with Gasteiger partial charge in [0.15, 0.2) is 23.1 Å². The number of nitrogens with zero attached hydrogens (tertiary/aromatic N) is 3. The van der Waals surface area contributed by atoms with Crippen molar-refractivity contribution in [2.75, 3.05) is 23.7 Å². The minimum atomic E-state index is -3.06. The van der Waals surface area contributed by atoms with Crippen molar-refractivity contribution in [3.8, 4) is 11.5 Å². The maximum atomic E-state index is 14.7. The van der Waals surface area contributed by atoms with E-state index in [0.29, 0.717) is 31.6 Å². The molecule has 0 radical (unpaired) electrons. The SMILES string of the molecule is CC(=O)N1CCCC(Oc2ccc(Nc3ncc(F)c(NC4CC(C)(C)NC(C)(C)C4)n3)cc2OC(F)F)CC1.